The molecule has 4 nitrogen and oxygen atoms in total. The highest BCUT2D eigenvalue weighted by Crippen LogP contribution is 2.25. The summed E-state index contributed by atoms with van der Waals surface area (Å²) in [6, 6.07) is 0. The van der Waals surface area contributed by atoms with Gasteiger partial charge in [0.15, 0.2) is 0 Å². The molecule has 1 aliphatic rings. The molecule has 2 rings (SSSR count). The Bertz CT molecular complexity index is 316. The highest BCUT2D eigenvalue weighted by atomic mass is 16.5. The molecule has 84 valence electrons. The van der Waals surface area contributed by atoms with Crippen molar-refractivity contribution in [3.8, 4) is 5.88 Å². The van der Waals surface area contributed by atoms with Crippen LogP contribution in [0.5, 0.6) is 5.88 Å². The minimum atomic E-state index is 0.586. The number of aromatic nitrogens is 2. The third-order valence-electron chi connectivity index (χ3n) is 3.00. The van der Waals surface area contributed by atoms with Gasteiger partial charge in [-0.15, -0.1) is 5.10 Å². The molecule has 0 spiro atoms. The maximum Gasteiger partial charge on any atom is 0.256 e. The summed E-state index contributed by atoms with van der Waals surface area (Å²) in [5, 5.41) is 4.16. The van der Waals surface area contributed by atoms with Crippen molar-refractivity contribution in [2.45, 2.75) is 32.1 Å². The molecular weight excluding hydrogens is 190 g/mol. The van der Waals surface area contributed by atoms with Gasteiger partial charge in [-0.25, -0.2) is 0 Å². The fourth-order valence-electron chi connectivity index (χ4n) is 2.15. The molecule has 1 saturated carbocycles. The van der Waals surface area contributed by atoms with Crippen LogP contribution < -0.4 is 10.5 Å². The molecule has 0 bridgehead atoms. The Kier molecular flexibility index (Phi) is 3.14. The SMILES string of the molecule is Cn1cc(N)c(OCC2CCCCC2)n1. The summed E-state index contributed by atoms with van der Waals surface area (Å²) in [5.41, 5.74) is 6.38. The largest absolute Gasteiger partial charge is 0.475 e. The molecule has 1 fully saturated rings. The van der Waals surface area contributed by atoms with Crippen LogP contribution >= 0.6 is 0 Å². The van der Waals surface area contributed by atoms with Crippen LogP contribution in [-0.4, -0.2) is 16.4 Å². The van der Waals surface area contributed by atoms with E-state index in [9.17, 15) is 0 Å². The molecule has 0 amide bonds. The van der Waals surface area contributed by atoms with Crippen LogP contribution in [0.15, 0.2) is 6.20 Å². The summed E-state index contributed by atoms with van der Waals surface area (Å²) < 4.78 is 7.33. The Hall–Kier alpha value is -1.19. The molecule has 0 aliphatic heterocycles. The average Bonchev–Trinajstić information content (AvgIpc) is 2.56. The molecule has 0 radical (unpaired) electrons. The van der Waals surface area contributed by atoms with E-state index in [2.05, 4.69) is 5.10 Å². The van der Waals surface area contributed by atoms with Crippen LogP contribution in [0.3, 0.4) is 0 Å². The zero-order valence-electron chi connectivity index (χ0n) is 9.28. The quantitative estimate of drug-likeness (QED) is 0.828. The van der Waals surface area contributed by atoms with E-state index in [1.54, 1.807) is 10.9 Å². The second kappa shape index (κ2) is 4.55. The third kappa shape index (κ3) is 2.64. The van der Waals surface area contributed by atoms with Gasteiger partial charge in [-0.05, 0) is 18.8 Å². The minimum absolute atomic E-state index is 0.586. The Morgan fingerprint density at radius 1 is 1.47 bits per heavy atom. The predicted octanol–water partition coefficient (Wildman–Crippen LogP) is 1.96. The highest BCUT2D eigenvalue weighted by Gasteiger charge is 2.15. The lowest BCUT2D eigenvalue weighted by Crippen LogP contribution is -2.15. The first-order valence-electron chi connectivity index (χ1n) is 5.67. The van der Waals surface area contributed by atoms with E-state index in [0.717, 1.165) is 6.61 Å². The highest BCUT2D eigenvalue weighted by molar-refractivity contribution is 5.45. The number of anilines is 1. The molecule has 0 saturated heterocycles. The molecule has 1 heterocycles. The first-order chi connectivity index (χ1) is 7.25. The second-order valence-corrected chi connectivity index (χ2v) is 4.38. The summed E-state index contributed by atoms with van der Waals surface area (Å²) in [6.45, 7) is 0.765. The van der Waals surface area contributed by atoms with Crippen LogP contribution in [0.1, 0.15) is 32.1 Å². The van der Waals surface area contributed by atoms with Crippen molar-refractivity contribution in [1.82, 2.24) is 9.78 Å². The fraction of sp³-hybridized carbons (Fsp3) is 0.727. The zero-order valence-corrected chi connectivity index (χ0v) is 9.28. The van der Waals surface area contributed by atoms with Gasteiger partial charge >= 0.3 is 0 Å². The van der Waals surface area contributed by atoms with Crippen molar-refractivity contribution in [2.75, 3.05) is 12.3 Å². The summed E-state index contributed by atoms with van der Waals surface area (Å²) in [6.07, 6.45) is 8.40. The first kappa shape index (κ1) is 10.3. The van der Waals surface area contributed by atoms with E-state index in [0.29, 0.717) is 17.5 Å². The zero-order chi connectivity index (χ0) is 10.7. The van der Waals surface area contributed by atoms with Crippen LogP contribution in [0.25, 0.3) is 0 Å². The van der Waals surface area contributed by atoms with Gasteiger partial charge in [-0.3, -0.25) is 4.68 Å². The van der Waals surface area contributed by atoms with Crippen LogP contribution in [0.2, 0.25) is 0 Å². The van der Waals surface area contributed by atoms with Crippen LogP contribution in [-0.2, 0) is 7.05 Å². The van der Waals surface area contributed by atoms with Crippen LogP contribution in [0, 0.1) is 5.92 Å². The normalized spacial score (nSPS) is 17.9. The maximum atomic E-state index is 5.75. The standard InChI is InChI=1S/C11H19N3O/c1-14-7-10(12)11(13-14)15-8-9-5-3-2-4-6-9/h7,9H,2-6,8,12H2,1H3. The Labute approximate surface area is 90.4 Å². The minimum Gasteiger partial charge on any atom is -0.475 e. The lowest BCUT2D eigenvalue weighted by atomic mass is 9.90. The third-order valence-corrected chi connectivity index (χ3v) is 3.00. The Morgan fingerprint density at radius 2 is 2.20 bits per heavy atom. The lowest BCUT2D eigenvalue weighted by molar-refractivity contribution is 0.202. The number of hydrogen-bond donors (Lipinski definition) is 1. The number of hydrogen-bond acceptors (Lipinski definition) is 3. The molecule has 0 atom stereocenters. The van der Waals surface area contributed by atoms with Gasteiger partial charge in [-0.1, -0.05) is 19.3 Å². The molecule has 4 heteroatoms. The van der Waals surface area contributed by atoms with E-state index in [4.69, 9.17) is 10.5 Å². The van der Waals surface area contributed by atoms with E-state index >= 15 is 0 Å². The second-order valence-electron chi connectivity index (χ2n) is 4.38. The van der Waals surface area contributed by atoms with Gasteiger partial charge in [0.1, 0.15) is 5.69 Å². The van der Waals surface area contributed by atoms with E-state index in [1.165, 1.54) is 32.1 Å². The number of nitrogens with zero attached hydrogens (tertiary/aromatic N) is 2. The lowest BCUT2D eigenvalue weighted by Gasteiger charge is -2.20. The van der Waals surface area contributed by atoms with Crippen molar-refractivity contribution in [3.63, 3.8) is 0 Å². The first-order valence-corrected chi connectivity index (χ1v) is 5.67. The number of ether oxygens (including phenoxy) is 1. The van der Waals surface area contributed by atoms with Gasteiger partial charge in [-0.2, -0.15) is 0 Å². The molecule has 0 unspecified atom stereocenters. The van der Waals surface area contributed by atoms with Gasteiger partial charge < -0.3 is 10.5 Å². The summed E-state index contributed by atoms with van der Waals surface area (Å²) in [7, 11) is 1.85. The van der Waals surface area contributed by atoms with Crippen molar-refractivity contribution in [1.29, 1.82) is 0 Å². The van der Waals surface area contributed by atoms with E-state index in [1.807, 2.05) is 7.05 Å². The smallest absolute Gasteiger partial charge is 0.256 e. The fourth-order valence-corrected chi connectivity index (χ4v) is 2.15. The molecule has 0 aromatic carbocycles. The average molecular weight is 209 g/mol. The monoisotopic (exact) mass is 209 g/mol. The van der Waals surface area contributed by atoms with Crippen LogP contribution in [0.4, 0.5) is 5.69 Å². The Balaban J connectivity index is 1.84. The summed E-state index contributed by atoms with van der Waals surface area (Å²) >= 11 is 0. The molecule has 2 N–H and O–H groups in total. The van der Waals surface area contributed by atoms with Crippen molar-refractivity contribution in [2.24, 2.45) is 13.0 Å². The van der Waals surface area contributed by atoms with Gasteiger partial charge in [0.25, 0.3) is 5.88 Å². The molecule has 1 aliphatic carbocycles. The number of nitrogens with two attached hydrogens (primary N) is 1. The number of aryl methyl sites for hydroxylation is 1. The number of rotatable bonds is 3. The Morgan fingerprint density at radius 3 is 2.80 bits per heavy atom. The van der Waals surface area contributed by atoms with E-state index in [-0.39, 0.29) is 0 Å². The van der Waals surface area contributed by atoms with Crippen molar-refractivity contribution in [3.05, 3.63) is 6.20 Å². The topological polar surface area (TPSA) is 53.1 Å². The molecule has 15 heavy (non-hydrogen) atoms. The maximum absolute atomic E-state index is 5.75. The summed E-state index contributed by atoms with van der Waals surface area (Å²) in [5.74, 6) is 1.28. The molecule has 1 aromatic rings. The number of nitrogen functional groups attached to an aromatic ring is 1. The predicted molar refractivity (Wildman–Crippen MR) is 59.7 cm³/mol. The molecule has 1 aromatic heterocycles. The van der Waals surface area contributed by atoms with Gasteiger partial charge in [0, 0.05) is 7.05 Å². The summed E-state index contributed by atoms with van der Waals surface area (Å²) in [4.78, 5) is 0. The van der Waals surface area contributed by atoms with Crippen molar-refractivity contribution < 1.29 is 4.74 Å². The van der Waals surface area contributed by atoms with Gasteiger partial charge in [0.2, 0.25) is 0 Å². The van der Waals surface area contributed by atoms with Gasteiger partial charge in [0.05, 0.1) is 12.8 Å². The molecular formula is C11H19N3O. The van der Waals surface area contributed by atoms with E-state index < -0.39 is 0 Å². The van der Waals surface area contributed by atoms with Crippen molar-refractivity contribution >= 4 is 5.69 Å².